The summed E-state index contributed by atoms with van der Waals surface area (Å²) in [5.41, 5.74) is 0.850. The molecule has 8 heteroatoms. The molecule has 3 aromatic rings. The zero-order valence-corrected chi connectivity index (χ0v) is 15.0. The number of carbonyl (C=O) groups excluding carboxylic acids is 1. The molecule has 0 aliphatic carbocycles. The Labute approximate surface area is 158 Å². The van der Waals surface area contributed by atoms with E-state index < -0.39 is 5.56 Å². The molecule has 0 spiro atoms. The van der Waals surface area contributed by atoms with Crippen LogP contribution in [0.4, 0.5) is 4.39 Å². The Bertz CT molecular complexity index is 1020. The van der Waals surface area contributed by atoms with E-state index in [1.54, 1.807) is 12.1 Å². The first-order chi connectivity index (χ1) is 12.4. The number of halogens is 3. The van der Waals surface area contributed by atoms with E-state index in [9.17, 15) is 14.0 Å². The maximum atomic E-state index is 12.9. The molecule has 2 aromatic carbocycles. The van der Waals surface area contributed by atoms with Gasteiger partial charge in [-0.1, -0.05) is 35.3 Å². The molecule has 0 radical (unpaired) electrons. The molecule has 3 rings (SSSR count). The average Bonchev–Trinajstić information content (AvgIpc) is 2.59. The van der Waals surface area contributed by atoms with Crippen LogP contribution in [0.15, 0.2) is 47.5 Å². The fourth-order valence-electron chi connectivity index (χ4n) is 2.52. The second-order valence-corrected chi connectivity index (χ2v) is 6.53. The molecule has 5 nitrogen and oxygen atoms in total. The Morgan fingerprint density at radius 3 is 2.65 bits per heavy atom. The number of nitrogens with zero attached hydrogens (tertiary/aromatic N) is 2. The van der Waals surface area contributed by atoms with Crippen LogP contribution < -0.4 is 10.9 Å². The maximum Gasteiger partial charge on any atom is 0.261 e. The predicted molar refractivity (Wildman–Crippen MR) is 99.1 cm³/mol. The van der Waals surface area contributed by atoms with Gasteiger partial charge in [-0.25, -0.2) is 9.37 Å². The molecule has 0 aliphatic rings. The van der Waals surface area contributed by atoms with Crippen LogP contribution in [0.5, 0.6) is 0 Å². The summed E-state index contributed by atoms with van der Waals surface area (Å²) in [7, 11) is 0. The lowest BCUT2D eigenvalue weighted by atomic mass is 10.1. The summed E-state index contributed by atoms with van der Waals surface area (Å²) < 4.78 is 14.1. The van der Waals surface area contributed by atoms with Crippen LogP contribution in [0.25, 0.3) is 10.9 Å². The number of carbonyl (C=O) groups is 1. The SMILES string of the molecule is O=C(Cn1cnc2c(Cl)cc(Cl)cc2c1=O)NCCc1ccc(F)cc1. The van der Waals surface area contributed by atoms with Gasteiger partial charge in [-0.15, -0.1) is 0 Å². The number of rotatable bonds is 5. The fraction of sp³-hybridized carbons (Fsp3) is 0.167. The Morgan fingerprint density at radius 1 is 1.19 bits per heavy atom. The largest absolute Gasteiger partial charge is 0.354 e. The number of hydrogen-bond donors (Lipinski definition) is 1. The minimum Gasteiger partial charge on any atom is -0.354 e. The van der Waals surface area contributed by atoms with Gasteiger partial charge in [0.1, 0.15) is 12.4 Å². The van der Waals surface area contributed by atoms with Gasteiger partial charge in [0.05, 0.1) is 22.3 Å². The van der Waals surface area contributed by atoms with Crippen LogP contribution in [-0.2, 0) is 17.8 Å². The Kier molecular flexibility index (Phi) is 5.54. The van der Waals surface area contributed by atoms with E-state index in [0.717, 1.165) is 5.56 Å². The van der Waals surface area contributed by atoms with E-state index in [4.69, 9.17) is 23.2 Å². The van der Waals surface area contributed by atoms with Gasteiger partial charge in [-0.2, -0.15) is 0 Å². The lowest BCUT2D eigenvalue weighted by molar-refractivity contribution is -0.121. The smallest absolute Gasteiger partial charge is 0.261 e. The first kappa shape index (κ1) is 18.4. The summed E-state index contributed by atoms with van der Waals surface area (Å²) in [6.07, 6.45) is 1.84. The highest BCUT2D eigenvalue weighted by molar-refractivity contribution is 6.38. The van der Waals surface area contributed by atoms with Crippen molar-refractivity contribution in [3.63, 3.8) is 0 Å². The quantitative estimate of drug-likeness (QED) is 0.723. The van der Waals surface area contributed by atoms with Crippen LogP contribution in [0.3, 0.4) is 0 Å². The summed E-state index contributed by atoms with van der Waals surface area (Å²) in [6.45, 7) is 0.202. The lowest BCUT2D eigenvalue weighted by Crippen LogP contribution is -2.33. The Morgan fingerprint density at radius 2 is 1.92 bits per heavy atom. The highest BCUT2D eigenvalue weighted by Crippen LogP contribution is 2.23. The summed E-state index contributed by atoms with van der Waals surface area (Å²) in [5, 5.41) is 3.57. The topological polar surface area (TPSA) is 64.0 Å². The first-order valence-corrected chi connectivity index (χ1v) is 8.55. The van der Waals surface area contributed by atoms with Crippen LogP contribution in [0.2, 0.25) is 10.0 Å². The van der Waals surface area contributed by atoms with E-state index in [0.29, 0.717) is 23.5 Å². The van der Waals surface area contributed by atoms with E-state index in [2.05, 4.69) is 10.3 Å². The molecule has 1 heterocycles. The second kappa shape index (κ2) is 7.85. The van der Waals surface area contributed by atoms with Crippen molar-refractivity contribution in [3.05, 3.63) is 74.5 Å². The van der Waals surface area contributed by atoms with Gasteiger partial charge >= 0.3 is 0 Å². The van der Waals surface area contributed by atoms with Gasteiger partial charge in [-0.3, -0.25) is 14.2 Å². The normalized spacial score (nSPS) is 10.9. The highest BCUT2D eigenvalue weighted by atomic mass is 35.5. The molecule has 26 heavy (non-hydrogen) atoms. The molecule has 0 unspecified atom stereocenters. The van der Waals surface area contributed by atoms with E-state index in [-0.39, 0.29) is 28.7 Å². The van der Waals surface area contributed by atoms with Crippen LogP contribution in [0.1, 0.15) is 5.56 Å². The van der Waals surface area contributed by atoms with Crippen LogP contribution in [0, 0.1) is 5.82 Å². The molecule has 134 valence electrons. The maximum absolute atomic E-state index is 12.9. The number of hydrogen-bond acceptors (Lipinski definition) is 3. The first-order valence-electron chi connectivity index (χ1n) is 7.79. The minimum atomic E-state index is -0.395. The third-order valence-corrected chi connectivity index (χ3v) is 4.32. The van der Waals surface area contributed by atoms with Gasteiger partial charge in [0.15, 0.2) is 0 Å². The predicted octanol–water partition coefficient (Wildman–Crippen LogP) is 3.20. The fourth-order valence-corrected chi connectivity index (χ4v) is 3.06. The van der Waals surface area contributed by atoms with Crippen molar-refractivity contribution in [2.75, 3.05) is 6.54 Å². The number of benzene rings is 2. The minimum absolute atomic E-state index is 0.171. The van der Waals surface area contributed by atoms with Crippen molar-refractivity contribution >= 4 is 40.0 Å². The van der Waals surface area contributed by atoms with Crippen molar-refractivity contribution in [1.29, 1.82) is 0 Å². The summed E-state index contributed by atoms with van der Waals surface area (Å²) in [4.78, 5) is 28.7. The van der Waals surface area contributed by atoms with Crippen molar-refractivity contribution < 1.29 is 9.18 Å². The number of amides is 1. The molecule has 0 aliphatic heterocycles. The van der Waals surface area contributed by atoms with Crippen molar-refractivity contribution in [1.82, 2.24) is 14.9 Å². The second-order valence-electron chi connectivity index (χ2n) is 5.69. The molecule has 0 atom stereocenters. The average molecular weight is 394 g/mol. The van der Waals surface area contributed by atoms with Crippen molar-refractivity contribution in [2.24, 2.45) is 0 Å². The molecule has 1 amide bonds. The van der Waals surface area contributed by atoms with Gasteiger partial charge in [-0.05, 0) is 36.2 Å². The Hall–Kier alpha value is -2.44. The monoisotopic (exact) mass is 393 g/mol. The number of aromatic nitrogens is 2. The summed E-state index contributed by atoms with van der Waals surface area (Å²) in [5.74, 6) is -0.635. The van der Waals surface area contributed by atoms with Gasteiger partial charge in [0.2, 0.25) is 5.91 Å². The van der Waals surface area contributed by atoms with Gasteiger partial charge in [0.25, 0.3) is 5.56 Å². The zero-order valence-electron chi connectivity index (χ0n) is 13.5. The van der Waals surface area contributed by atoms with Crippen molar-refractivity contribution in [2.45, 2.75) is 13.0 Å². The third kappa shape index (κ3) is 4.20. The van der Waals surface area contributed by atoms with E-state index in [1.165, 1.54) is 35.2 Å². The molecule has 0 saturated carbocycles. The molecule has 0 bridgehead atoms. The third-order valence-electron chi connectivity index (χ3n) is 3.81. The molecular weight excluding hydrogens is 380 g/mol. The van der Waals surface area contributed by atoms with Gasteiger partial charge in [0, 0.05) is 11.6 Å². The molecule has 0 fully saturated rings. The van der Waals surface area contributed by atoms with Crippen molar-refractivity contribution in [3.8, 4) is 0 Å². The summed E-state index contributed by atoms with van der Waals surface area (Å²) in [6, 6.07) is 9.03. The molecule has 1 N–H and O–H groups in total. The Balaban J connectivity index is 1.66. The number of nitrogens with one attached hydrogen (secondary N) is 1. The van der Waals surface area contributed by atoms with Crippen LogP contribution in [-0.4, -0.2) is 22.0 Å². The summed E-state index contributed by atoms with van der Waals surface area (Å²) >= 11 is 12.0. The number of fused-ring (bicyclic) bond motifs is 1. The lowest BCUT2D eigenvalue weighted by Gasteiger charge is -2.09. The molecule has 0 saturated heterocycles. The van der Waals surface area contributed by atoms with E-state index in [1.807, 2.05) is 0 Å². The van der Waals surface area contributed by atoms with Gasteiger partial charge < -0.3 is 5.32 Å². The zero-order chi connectivity index (χ0) is 18.7. The standard InChI is InChI=1S/C18H14Cl2FN3O2/c19-12-7-14-17(15(20)8-12)23-10-24(18(14)26)9-16(25)22-6-5-11-1-3-13(21)4-2-11/h1-4,7-8,10H,5-6,9H2,(H,22,25). The van der Waals surface area contributed by atoms with Crippen LogP contribution >= 0.6 is 23.2 Å². The molecular formula is C18H14Cl2FN3O2. The highest BCUT2D eigenvalue weighted by Gasteiger charge is 2.11. The van der Waals surface area contributed by atoms with E-state index >= 15 is 0 Å². The molecule has 1 aromatic heterocycles.